The van der Waals surface area contributed by atoms with E-state index in [1.54, 1.807) is 12.1 Å². The number of hydrogen-bond donors (Lipinski definition) is 1. The number of ether oxygens (including phenoxy) is 1. The molecular weight excluding hydrogens is 279 g/mol. The highest BCUT2D eigenvalue weighted by Gasteiger charge is 2.38. The van der Waals surface area contributed by atoms with Gasteiger partial charge in [-0.2, -0.15) is 0 Å². The molecule has 0 unspecified atom stereocenters. The lowest BCUT2D eigenvalue weighted by atomic mass is 9.72. The second-order valence-electron chi connectivity index (χ2n) is 5.93. The highest BCUT2D eigenvalue weighted by atomic mass is 19.4. The van der Waals surface area contributed by atoms with Crippen molar-refractivity contribution >= 4 is 0 Å². The fourth-order valence-corrected chi connectivity index (χ4v) is 3.25. The lowest BCUT2D eigenvalue weighted by molar-refractivity contribution is -0.275. The predicted octanol–water partition coefficient (Wildman–Crippen LogP) is 4.73. The lowest BCUT2D eigenvalue weighted by Gasteiger charge is -2.38. The van der Waals surface area contributed by atoms with Crippen LogP contribution in [0.15, 0.2) is 24.3 Å². The van der Waals surface area contributed by atoms with E-state index < -0.39 is 11.9 Å². The number of para-hydroxylation sites is 1. The number of rotatable bonds is 4. The van der Waals surface area contributed by atoms with Crippen LogP contribution in [-0.2, 0) is 5.54 Å². The van der Waals surface area contributed by atoms with Crippen molar-refractivity contribution in [2.75, 3.05) is 0 Å². The molecule has 118 valence electrons. The van der Waals surface area contributed by atoms with Gasteiger partial charge in [0.2, 0.25) is 0 Å². The second-order valence-corrected chi connectivity index (χ2v) is 5.93. The number of nitrogens with two attached hydrogens (primary N) is 1. The van der Waals surface area contributed by atoms with Crippen LogP contribution in [0.25, 0.3) is 0 Å². The molecule has 0 aliphatic heterocycles. The summed E-state index contributed by atoms with van der Waals surface area (Å²) < 4.78 is 41.7. The Morgan fingerprint density at radius 3 is 2.43 bits per heavy atom. The van der Waals surface area contributed by atoms with Crippen LogP contribution in [-0.4, -0.2) is 6.36 Å². The summed E-state index contributed by atoms with van der Waals surface area (Å²) in [7, 11) is 0. The minimum atomic E-state index is -4.69. The van der Waals surface area contributed by atoms with Crippen LogP contribution in [0.5, 0.6) is 5.75 Å². The van der Waals surface area contributed by atoms with Crippen molar-refractivity contribution in [1.29, 1.82) is 0 Å². The van der Waals surface area contributed by atoms with Crippen LogP contribution < -0.4 is 10.5 Å². The quantitative estimate of drug-likeness (QED) is 0.872. The molecule has 1 aromatic rings. The predicted molar refractivity (Wildman–Crippen MR) is 75.9 cm³/mol. The van der Waals surface area contributed by atoms with Gasteiger partial charge in [-0.05, 0) is 37.7 Å². The maximum atomic E-state index is 12.5. The summed E-state index contributed by atoms with van der Waals surface area (Å²) in [5.74, 6) is 0.476. The fourth-order valence-electron chi connectivity index (χ4n) is 3.25. The van der Waals surface area contributed by atoms with Crippen LogP contribution in [0.3, 0.4) is 0 Å². The molecule has 1 aliphatic rings. The van der Waals surface area contributed by atoms with Crippen molar-refractivity contribution in [3.63, 3.8) is 0 Å². The van der Waals surface area contributed by atoms with E-state index in [9.17, 15) is 13.2 Å². The molecule has 0 saturated heterocycles. The largest absolute Gasteiger partial charge is 0.573 e. The fraction of sp³-hybridized carbons (Fsp3) is 0.625. The van der Waals surface area contributed by atoms with Gasteiger partial charge in [0.1, 0.15) is 5.75 Å². The van der Waals surface area contributed by atoms with Crippen LogP contribution in [0.2, 0.25) is 0 Å². The second kappa shape index (κ2) is 6.26. The van der Waals surface area contributed by atoms with Gasteiger partial charge in [0.05, 0.1) is 0 Å². The molecule has 0 heterocycles. The molecule has 0 aromatic heterocycles. The molecule has 0 radical (unpaired) electrons. The lowest BCUT2D eigenvalue weighted by Crippen LogP contribution is -2.41. The summed E-state index contributed by atoms with van der Waals surface area (Å²) >= 11 is 0. The topological polar surface area (TPSA) is 35.2 Å². The van der Waals surface area contributed by atoms with Gasteiger partial charge in [0.25, 0.3) is 0 Å². The Labute approximate surface area is 123 Å². The molecule has 0 bridgehead atoms. The standard InChI is InChI=1S/C16H22F3NO/c1-2-5-12-8-10-15(20,11-9-12)13-6-3-4-7-14(13)21-16(17,18)19/h3-4,6-7,12H,2,5,8-11,20H2,1H3. The summed E-state index contributed by atoms with van der Waals surface area (Å²) in [6.07, 6.45) is 0.944. The first-order chi connectivity index (χ1) is 9.84. The minimum Gasteiger partial charge on any atom is -0.405 e. The summed E-state index contributed by atoms with van der Waals surface area (Å²) in [5, 5.41) is 0. The molecule has 0 amide bonds. The Balaban J connectivity index is 2.18. The van der Waals surface area contributed by atoms with E-state index in [4.69, 9.17) is 5.73 Å². The summed E-state index contributed by atoms with van der Waals surface area (Å²) in [4.78, 5) is 0. The van der Waals surface area contributed by atoms with E-state index in [-0.39, 0.29) is 5.75 Å². The van der Waals surface area contributed by atoms with E-state index in [1.165, 1.54) is 12.1 Å². The molecule has 1 aromatic carbocycles. The van der Waals surface area contributed by atoms with Gasteiger partial charge >= 0.3 is 6.36 Å². The number of halogens is 3. The zero-order valence-electron chi connectivity index (χ0n) is 12.2. The third-order valence-electron chi connectivity index (χ3n) is 4.34. The van der Waals surface area contributed by atoms with Gasteiger partial charge < -0.3 is 10.5 Å². The molecule has 5 heteroatoms. The van der Waals surface area contributed by atoms with Gasteiger partial charge in [-0.1, -0.05) is 38.0 Å². The van der Waals surface area contributed by atoms with E-state index in [2.05, 4.69) is 11.7 Å². The average molecular weight is 301 g/mol. The van der Waals surface area contributed by atoms with Crippen LogP contribution in [0.1, 0.15) is 51.0 Å². The number of hydrogen-bond acceptors (Lipinski definition) is 2. The number of benzene rings is 1. The third kappa shape index (κ3) is 4.13. The van der Waals surface area contributed by atoms with Gasteiger partial charge in [-0.3, -0.25) is 0 Å². The summed E-state index contributed by atoms with van der Waals surface area (Å²) in [6, 6.07) is 6.25. The Kier molecular flexibility index (Phi) is 4.81. The molecule has 2 rings (SSSR count). The SMILES string of the molecule is CCCC1CCC(N)(c2ccccc2OC(F)(F)F)CC1. The Hall–Kier alpha value is -1.23. The first-order valence-electron chi connectivity index (χ1n) is 7.48. The van der Waals surface area contributed by atoms with E-state index in [0.29, 0.717) is 24.3 Å². The van der Waals surface area contributed by atoms with Crippen molar-refractivity contribution in [3.8, 4) is 5.75 Å². The van der Waals surface area contributed by atoms with Gasteiger partial charge in [0.15, 0.2) is 0 Å². The molecule has 2 N–H and O–H groups in total. The van der Waals surface area contributed by atoms with E-state index >= 15 is 0 Å². The molecular formula is C16H22F3NO. The molecule has 1 saturated carbocycles. The first kappa shape index (κ1) is 16.1. The molecule has 0 spiro atoms. The van der Waals surface area contributed by atoms with E-state index in [1.807, 2.05) is 0 Å². The van der Waals surface area contributed by atoms with Crippen molar-refractivity contribution in [1.82, 2.24) is 0 Å². The van der Waals surface area contributed by atoms with Gasteiger partial charge in [-0.15, -0.1) is 13.2 Å². The highest BCUT2D eigenvalue weighted by Crippen LogP contribution is 2.43. The monoisotopic (exact) mass is 301 g/mol. The Morgan fingerprint density at radius 1 is 1.24 bits per heavy atom. The third-order valence-corrected chi connectivity index (χ3v) is 4.34. The van der Waals surface area contributed by atoms with E-state index in [0.717, 1.165) is 25.7 Å². The molecule has 0 atom stereocenters. The molecule has 21 heavy (non-hydrogen) atoms. The van der Waals surface area contributed by atoms with Gasteiger partial charge in [-0.25, -0.2) is 0 Å². The maximum absolute atomic E-state index is 12.5. The van der Waals surface area contributed by atoms with Gasteiger partial charge in [0, 0.05) is 11.1 Å². The average Bonchev–Trinajstić information content (AvgIpc) is 2.41. The maximum Gasteiger partial charge on any atom is 0.573 e. The minimum absolute atomic E-state index is 0.165. The normalized spacial score (nSPS) is 26.6. The Morgan fingerprint density at radius 2 is 1.86 bits per heavy atom. The molecule has 1 aliphatic carbocycles. The highest BCUT2D eigenvalue weighted by molar-refractivity contribution is 5.39. The summed E-state index contributed by atoms with van der Waals surface area (Å²) in [6.45, 7) is 2.15. The first-order valence-corrected chi connectivity index (χ1v) is 7.48. The van der Waals surface area contributed by atoms with Crippen molar-refractivity contribution < 1.29 is 17.9 Å². The smallest absolute Gasteiger partial charge is 0.405 e. The van der Waals surface area contributed by atoms with Crippen molar-refractivity contribution in [2.24, 2.45) is 11.7 Å². The van der Waals surface area contributed by atoms with Crippen LogP contribution in [0, 0.1) is 5.92 Å². The van der Waals surface area contributed by atoms with Crippen molar-refractivity contribution in [2.45, 2.75) is 57.3 Å². The zero-order chi connectivity index (χ0) is 15.5. The van der Waals surface area contributed by atoms with Crippen molar-refractivity contribution in [3.05, 3.63) is 29.8 Å². The Bertz CT molecular complexity index is 465. The van der Waals surface area contributed by atoms with Crippen LogP contribution in [0.4, 0.5) is 13.2 Å². The molecule has 2 nitrogen and oxygen atoms in total. The number of alkyl halides is 3. The van der Waals surface area contributed by atoms with Crippen LogP contribution >= 0.6 is 0 Å². The summed E-state index contributed by atoms with van der Waals surface area (Å²) in [5.41, 5.74) is 6.16. The molecule has 1 fully saturated rings. The zero-order valence-corrected chi connectivity index (χ0v) is 12.2.